The van der Waals surface area contributed by atoms with Crippen molar-refractivity contribution in [3.05, 3.63) is 59.8 Å². The standard InChI is InChI=1S/C13H15N5O.Y/c14-13(16-7-6-11-8-15-9-17-11)18-12(19)10-4-2-1-3-5-10;/h1-5,8-9H,6-7H2,(H4,14,15,16,17,18,19);/p-1. The van der Waals surface area contributed by atoms with E-state index < -0.39 is 0 Å². The van der Waals surface area contributed by atoms with Crippen LogP contribution in [0.1, 0.15) is 16.1 Å². The first kappa shape index (κ1) is 16.5. The van der Waals surface area contributed by atoms with E-state index in [2.05, 4.69) is 20.3 Å². The molecular formula is C13H14N5OY-. The molecule has 0 atom stereocenters. The van der Waals surface area contributed by atoms with Crippen molar-refractivity contribution in [1.82, 2.24) is 15.3 Å². The van der Waals surface area contributed by atoms with Crippen LogP contribution < -0.4 is 5.32 Å². The minimum absolute atomic E-state index is 0. The van der Waals surface area contributed by atoms with E-state index in [0.717, 1.165) is 5.69 Å². The molecule has 1 aromatic heterocycles. The van der Waals surface area contributed by atoms with Crippen molar-refractivity contribution in [3.63, 3.8) is 0 Å². The summed E-state index contributed by atoms with van der Waals surface area (Å²) < 4.78 is 0. The van der Waals surface area contributed by atoms with Crippen LogP contribution in [0, 0.1) is 0 Å². The van der Waals surface area contributed by atoms with Crippen LogP contribution in [0.4, 0.5) is 0 Å². The maximum absolute atomic E-state index is 11.7. The summed E-state index contributed by atoms with van der Waals surface area (Å²) >= 11 is 0. The summed E-state index contributed by atoms with van der Waals surface area (Å²) in [5.41, 5.74) is 9.03. The minimum Gasteiger partial charge on any atom is -0.411 e. The summed E-state index contributed by atoms with van der Waals surface area (Å²) in [5, 5.41) is 2.43. The number of nitrogens with one attached hydrogen (secondary N) is 3. The first-order chi connectivity index (χ1) is 9.25. The van der Waals surface area contributed by atoms with Gasteiger partial charge in [-0.1, -0.05) is 30.3 Å². The van der Waals surface area contributed by atoms with E-state index in [0.29, 0.717) is 18.5 Å². The first-order valence-electron chi connectivity index (χ1n) is 5.85. The molecule has 20 heavy (non-hydrogen) atoms. The summed E-state index contributed by atoms with van der Waals surface area (Å²) in [5.74, 6) is -0.454. The fourth-order valence-electron chi connectivity index (χ4n) is 1.52. The largest absolute Gasteiger partial charge is 0.411 e. The normalized spacial score (nSPS) is 10.7. The van der Waals surface area contributed by atoms with Gasteiger partial charge in [0.1, 0.15) is 0 Å². The molecular weight excluding hydrogens is 331 g/mol. The van der Waals surface area contributed by atoms with E-state index in [1.807, 2.05) is 6.07 Å². The summed E-state index contributed by atoms with van der Waals surface area (Å²) in [6, 6.07) is 8.75. The fourth-order valence-corrected chi connectivity index (χ4v) is 1.52. The summed E-state index contributed by atoms with van der Waals surface area (Å²) in [7, 11) is 0. The molecule has 2 aromatic rings. The van der Waals surface area contributed by atoms with Crippen LogP contribution in [-0.2, 0) is 39.1 Å². The molecule has 0 saturated carbocycles. The van der Waals surface area contributed by atoms with Crippen molar-refractivity contribution in [2.24, 2.45) is 4.99 Å². The molecule has 0 aliphatic carbocycles. The molecule has 0 saturated heterocycles. The van der Waals surface area contributed by atoms with Crippen LogP contribution in [0.3, 0.4) is 0 Å². The average molecular weight is 345 g/mol. The topological polar surface area (TPSA) is 93.9 Å². The number of nitrogens with zero attached hydrogens (tertiary/aromatic N) is 2. The van der Waals surface area contributed by atoms with Crippen molar-refractivity contribution in [2.45, 2.75) is 6.42 Å². The third-order valence-electron chi connectivity index (χ3n) is 2.47. The smallest absolute Gasteiger partial charge is 0.201 e. The summed E-state index contributed by atoms with van der Waals surface area (Å²) in [4.78, 5) is 22.5. The van der Waals surface area contributed by atoms with Crippen molar-refractivity contribution in [2.75, 3.05) is 6.54 Å². The molecule has 1 amide bonds. The third-order valence-corrected chi connectivity index (χ3v) is 2.47. The van der Waals surface area contributed by atoms with Gasteiger partial charge in [-0.15, -0.1) is 0 Å². The molecule has 1 radical (unpaired) electrons. The van der Waals surface area contributed by atoms with E-state index in [9.17, 15) is 4.79 Å². The second-order valence-corrected chi connectivity index (χ2v) is 3.88. The predicted molar refractivity (Wildman–Crippen MR) is 72.8 cm³/mol. The van der Waals surface area contributed by atoms with Crippen LogP contribution in [0.15, 0.2) is 47.8 Å². The number of hydrogen-bond acceptors (Lipinski definition) is 3. The van der Waals surface area contributed by atoms with E-state index in [4.69, 9.17) is 5.73 Å². The van der Waals surface area contributed by atoms with Gasteiger partial charge >= 0.3 is 0 Å². The zero-order valence-corrected chi connectivity index (χ0v) is 13.7. The number of rotatable bonds is 4. The molecule has 7 heteroatoms. The fraction of sp³-hybridized carbons (Fsp3) is 0.154. The molecule has 0 unspecified atom stereocenters. The first-order valence-corrected chi connectivity index (χ1v) is 5.85. The van der Waals surface area contributed by atoms with Crippen LogP contribution >= 0.6 is 0 Å². The van der Waals surface area contributed by atoms with Crippen LogP contribution in [0.5, 0.6) is 0 Å². The summed E-state index contributed by atoms with van der Waals surface area (Å²) in [6.07, 6.45) is 3.96. The average Bonchev–Trinajstić information content (AvgIpc) is 2.93. The Hall–Kier alpha value is -1.53. The number of imidazole rings is 1. The van der Waals surface area contributed by atoms with E-state index in [-0.39, 0.29) is 44.6 Å². The Balaban J connectivity index is 0.00000200. The number of aliphatic imine (C=N–C) groups is 1. The maximum Gasteiger partial charge on any atom is 0.201 e. The number of aromatic amines is 1. The summed E-state index contributed by atoms with van der Waals surface area (Å²) in [6.45, 7) is 0.427. The molecule has 0 bridgehead atoms. The number of hydrogen-bond donors (Lipinski definition) is 2. The number of H-pyrrole nitrogens is 1. The van der Waals surface area contributed by atoms with Crippen LogP contribution in [-0.4, -0.2) is 28.4 Å². The predicted octanol–water partition coefficient (Wildman–Crippen LogP) is 1.79. The van der Waals surface area contributed by atoms with Gasteiger partial charge in [0.15, 0.2) is 0 Å². The van der Waals surface area contributed by atoms with Gasteiger partial charge in [0.05, 0.1) is 6.33 Å². The zero-order chi connectivity index (χ0) is 13.5. The van der Waals surface area contributed by atoms with Gasteiger partial charge in [0.25, 0.3) is 0 Å². The van der Waals surface area contributed by atoms with Gasteiger partial charge < -0.3 is 21.0 Å². The van der Waals surface area contributed by atoms with Crippen molar-refractivity contribution >= 4 is 11.9 Å². The molecule has 1 heterocycles. The zero-order valence-electron chi connectivity index (χ0n) is 10.8. The minimum atomic E-state index is -0.323. The number of carbonyl (C=O) groups excluding carboxylic acids is 1. The van der Waals surface area contributed by atoms with Gasteiger partial charge in [-0.05, 0) is 13.0 Å². The van der Waals surface area contributed by atoms with Crippen molar-refractivity contribution in [3.8, 4) is 0 Å². The molecule has 0 spiro atoms. The molecule has 0 fully saturated rings. The van der Waals surface area contributed by atoms with E-state index >= 15 is 0 Å². The third kappa shape index (κ3) is 5.23. The van der Waals surface area contributed by atoms with Crippen LogP contribution in [0.25, 0.3) is 5.73 Å². The maximum atomic E-state index is 11.7. The molecule has 2 rings (SSSR count). The quantitative estimate of drug-likeness (QED) is 0.653. The Labute approximate surface area is 142 Å². The number of aromatic nitrogens is 2. The van der Waals surface area contributed by atoms with Gasteiger partial charge in [-0.3, -0.25) is 4.79 Å². The van der Waals surface area contributed by atoms with Crippen molar-refractivity contribution in [1.29, 1.82) is 0 Å². The molecule has 6 nitrogen and oxygen atoms in total. The molecule has 0 aliphatic heterocycles. The SMILES string of the molecule is [NH-]C(=NCCc1cnc[nH]1)NC(=O)c1ccccc1.[Y]. The van der Waals surface area contributed by atoms with E-state index in [1.54, 1.807) is 36.8 Å². The van der Waals surface area contributed by atoms with Gasteiger partial charge in [0, 0.05) is 56.1 Å². The molecule has 1 aromatic carbocycles. The Morgan fingerprint density at radius 3 is 2.75 bits per heavy atom. The second-order valence-electron chi connectivity index (χ2n) is 3.88. The Kier molecular flexibility index (Phi) is 7.11. The second kappa shape index (κ2) is 8.61. The van der Waals surface area contributed by atoms with Gasteiger partial charge in [-0.2, -0.15) is 0 Å². The Morgan fingerprint density at radius 1 is 1.35 bits per heavy atom. The monoisotopic (exact) mass is 345 g/mol. The molecule has 0 aliphatic rings. The van der Waals surface area contributed by atoms with Crippen LogP contribution in [0.2, 0.25) is 0 Å². The Bertz CT molecular complexity index is 553. The molecule has 3 N–H and O–H groups in total. The number of amides is 1. The Morgan fingerprint density at radius 2 is 2.10 bits per heavy atom. The van der Waals surface area contributed by atoms with Crippen molar-refractivity contribution < 1.29 is 37.5 Å². The van der Waals surface area contributed by atoms with E-state index in [1.165, 1.54) is 0 Å². The number of guanidine groups is 1. The number of carbonyl (C=O) groups is 1. The molecule has 101 valence electrons. The number of benzene rings is 1. The van der Waals surface area contributed by atoms with Gasteiger partial charge in [0.2, 0.25) is 5.91 Å². The van der Waals surface area contributed by atoms with Gasteiger partial charge in [-0.25, -0.2) is 4.98 Å².